The van der Waals surface area contributed by atoms with Crippen molar-refractivity contribution in [2.75, 3.05) is 6.61 Å². The fraction of sp³-hybridized carbons (Fsp3) is 0.308. The topological polar surface area (TPSA) is 60.7 Å². The van der Waals surface area contributed by atoms with Crippen molar-refractivity contribution in [1.29, 1.82) is 0 Å². The highest BCUT2D eigenvalue weighted by Gasteiger charge is 2.11. The van der Waals surface area contributed by atoms with E-state index in [2.05, 4.69) is 20.9 Å². The predicted molar refractivity (Wildman–Crippen MR) is 74.4 cm³/mol. The van der Waals surface area contributed by atoms with E-state index in [0.717, 1.165) is 5.56 Å². The van der Waals surface area contributed by atoms with Crippen LogP contribution in [-0.2, 0) is 21.3 Å². The summed E-state index contributed by atoms with van der Waals surface area (Å²) in [5, 5.41) is 0.612. The summed E-state index contributed by atoms with van der Waals surface area (Å²) in [6.07, 6.45) is 3.04. The standard InChI is InChI=1S/C13H13BrN2O3/c1-2-19-11(17)6-10-8-15-12-9(7-14)4-3-5-16(12)13(10)18/h3-5,8H,2,6-7H2,1H3. The summed E-state index contributed by atoms with van der Waals surface area (Å²) in [6, 6.07) is 3.67. The number of carbonyl (C=O) groups excluding carboxylic acids is 1. The Morgan fingerprint density at radius 3 is 2.95 bits per heavy atom. The Bertz CT molecular complexity index is 666. The number of rotatable bonds is 4. The van der Waals surface area contributed by atoms with Gasteiger partial charge in [0, 0.05) is 28.9 Å². The molecule has 0 unspecified atom stereocenters. The van der Waals surface area contributed by atoms with Crippen molar-refractivity contribution in [1.82, 2.24) is 9.38 Å². The molecule has 0 saturated carbocycles. The molecule has 2 aromatic heterocycles. The molecule has 0 fully saturated rings. The smallest absolute Gasteiger partial charge is 0.310 e. The molecule has 0 amide bonds. The Hall–Kier alpha value is -1.69. The van der Waals surface area contributed by atoms with Gasteiger partial charge in [0.15, 0.2) is 0 Å². The van der Waals surface area contributed by atoms with Gasteiger partial charge in [-0.3, -0.25) is 14.0 Å². The van der Waals surface area contributed by atoms with Gasteiger partial charge in [0.2, 0.25) is 0 Å². The molecular formula is C13H13BrN2O3. The molecule has 0 aliphatic heterocycles. The Labute approximate surface area is 118 Å². The van der Waals surface area contributed by atoms with Crippen LogP contribution in [0, 0.1) is 0 Å². The highest BCUT2D eigenvalue weighted by Crippen LogP contribution is 2.10. The van der Waals surface area contributed by atoms with Gasteiger partial charge in [-0.25, -0.2) is 4.98 Å². The first kappa shape index (κ1) is 13.7. The van der Waals surface area contributed by atoms with Gasteiger partial charge in [-0.05, 0) is 13.0 Å². The lowest BCUT2D eigenvalue weighted by Crippen LogP contribution is -2.23. The van der Waals surface area contributed by atoms with Crippen LogP contribution in [0.25, 0.3) is 5.65 Å². The fourth-order valence-electron chi connectivity index (χ4n) is 1.80. The zero-order valence-corrected chi connectivity index (χ0v) is 12.0. The fourth-order valence-corrected chi connectivity index (χ4v) is 2.23. The van der Waals surface area contributed by atoms with Crippen LogP contribution in [0.5, 0.6) is 0 Å². The monoisotopic (exact) mass is 324 g/mol. The lowest BCUT2D eigenvalue weighted by molar-refractivity contribution is -0.142. The number of pyridine rings is 1. The minimum absolute atomic E-state index is 0.0544. The second kappa shape index (κ2) is 5.97. The van der Waals surface area contributed by atoms with Gasteiger partial charge in [-0.15, -0.1) is 0 Å². The van der Waals surface area contributed by atoms with Crippen molar-refractivity contribution in [2.24, 2.45) is 0 Å². The van der Waals surface area contributed by atoms with Crippen molar-refractivity contribution < 1.29 is 9.53 Å². The summed E-state index contributed by atoms with van der Waals surface area (Å²) in [4.78, 5) is 27.9. The number of ether oxygens (including phenoxy) is 1. The van der Waals surface area contributed by atoms with Gasteiger partial charge in [-0.2, -0.15) is 0 Å². The maximum atomic E-state index is 12.2. The van der Waals surface area contributed by atoms with E-state index in [1.807, 2.05) is 6.07 Å². The molecule has 0 atom stereocenters. The van der Waals surface area contributed by atoms with Crippen LogP contribution in [0.3, 0.4) is 0 Å². The summed E-state index contributed by atoms with van der Waals surface area (Å²) in [5.41, 5.74) is 1.61. The molecule has 0 spiro atoms. The normalized spacial score (nSPS) is 10.6. The summed E-state index contributed by atoms with van der Waals surface area (Å²) < 4.78 is 6.28. The highest BCUT2D eigenvalue weighted by atomic mass is 79.9. The molecule has 0 aliphatic carbocycles. The zero-order chi connectivity index (χ0) is 13.8. The van der Waals surface area contributed by atoms with E-state index in [0.29, 0.717) is 23.1 Å². The lowest BCUT2D eigenvalue weighted by atomic mass is 10.2. The van der Waals surface area contributed by atoms with Crippen LogP contribution in [-0.4, -0.2) is 22.0 Å². The number of hydrogen-bond acceptors (Lipinski definition) is 4. The second-order valence-corrected chi connectivity index (χ2v) is 4.49. The van der Waals surface area contributed by atoms with E-state index < -0.39 is 5.97 Å². The third kappa shape index (κ3) is 2.84. The lowest BCUT2D eigenvalue weighted by Gasteiger charge is -2.06. The van der Waals surface area contributed by atoms with Gasteiger partial charge >= 0.3 is 5.97 Å². The molecule has 2 aromatic rings. The number of fused-ring (bicyclic) bond motifs is 1. The summed E-state index contributed by atoms with van der Waals surface area (Å²) in [6.45, 7) is 2.03. The van der Waals surface area contributed by atoms with E-state index in [1.165, 1.54) is 10.6 Å². The zero-order valence-electron chi connectivity index (χ0n) is 10.4. The number of hydrogen-bond donors (Lipinski definition) is 0. The van der Waals surface area contributed by atoms with E-state index in [-0.39, 0.29) is 12.0 Å². The van der Waals surface area contributed by atoms with Crippen LogP contribution >= 0.6 is 15.9 Å². The van der Waals surface area contributed by atoms with Crippen LogP contribution < -0.4 is 5.56 Å². The van der Waals surface area contributed by atoms with Crippen molar-refractivity contribution in [3.05, 3.63) is 46.0 Å². The summed E-state index contributed by atoms with van der Waals surface area (Å²) in [5.74, 6) is -0.419. The Morgan fingerprint density at radius 2 is 2.26 bits per heavy atom. The van der Waals surface area contributed by atoms with Gasteiger partial charge in [0.25, 0.3) is 5.56 Å². The second-order valence-electron chi connectivity index (χ2n) is 3.93. The van der Waals surface area contributed by atoms with E-state index in [1.54, 1.807) is 19.2 Å². The molecule has 0 aliphatic rings. The van der Waals surface area contributed by atoms with Gasteiger partial charge < -0.3 is 4.74 Å². The van der Waals surface area contributed by atoms with Crippen LogP contribution in [0.2, 0.25) is 0 Å². The van der Waals surface area contributed by atoms with Crippen molar-refractivity contribution in [3.63, 3.8) is 0 Å². The molecule has 2 rings (SSSR count). The Kier molecular flexibility index (Phi) is 4.31. The average molecular weight is 325 g/mol. The third-order valence-corrected chi connectivity index (χ3v) is 3.27. The number of esters is 1. The van der Waals surface area contributed by atoms with Crippen molar-refractivity contribution in [2.45, 2.75) is 18.7 Å². The first-order valence-corrected chi connectivity index (χ1v) is 6.99. The van der Waals surface area contributed by atoms with Gasteiger partial charge in [0.05, 0.1) is 13.0 Å². The molecule has 0 radical (unpaired) electrons. The molecule has 0 aromatic carbocycles. The highest BCUT2D eigenvalue weighted by molar-refractivity contribution is 9.08. The molecule has 19 heavy (non-hydrogen) atoms. The maximum absolute atomic E-state index is 12.2. The van der Waals surface area contributed by atoms with Crippen molar-refractivity contribution in [3.8, 4) is 0 Å². The Balaban J connectivity index is 2.47. The average Bonchev–Trinajstić information content (AvgIpc) is 2.41. The molecule has 6 heteroatoms. The SMILES string of the molecule is CCOC(=O)Cc1cnc2c(CBr)cccn2c1=O. The summed E-state index contributed by atoms with van der Waals surface area (Å²) >= 11 is 3.35. The quantitative estimate of drug-likeness (QED) is 0.634. The minimum atomic E-state index is -0.419. The first-order valence-electron chi connectivity index (χ1n) is 5.87. The number of nitrogens with zero attached hydrogens (tertiary/aromatic N) is 2. The van der Waals surface area contributed by atoms with E-state index in [4.69, 9.17) is 4.74 Å². The number of alkyl halides is 1. The molecular weight excluding hydrogens is 312 g/mol. The van der Waals surface area contributed by atoms with Gasteiger partial charge in [-0.1, -0.05) is 22.0 Å². The van der Waals surface area contributed by atoms with Crippen LogP contribution in [0.4, 0.5) is 0 Å². The molecule has 0 N–H and O–H groups in total. The number of carbonyl (C=O) groups is 1. The van der Waals surface area contributed by atoms with E-state index in [9.17, 15) is 9.59 Å². The predicted octanol–water partition coefficient (Wildman–Crippen LogP) is 1.70. The minimum Gasteiger partial charge on any atom is -0.466 e. The first-order chi connectivity index (χ1) is 9.17. The molecule has 100 valence electrons. The third-order valence-electron chi connectivity index (χ3n) is 2.67. The summed E-state index contributed by atoms with van der Waals surface area (Å²) in [7, 11) is 0. The van der Waals surface area contributed by atoms with Crippen LogP contribution in [0.15, 0.2) is 29.3 Å². The van der Waals surface area contributed by atoms with Gasteiger partial charge in [0.1, 0.15) is 5.65 Å². The van der Waals surface area contributed by atoms with E-state index >= 15 is 0 Å². The maximum Gasteiger partial charge on any atom is 0.310 e. The number of aromatic nitrogens is 2. The molecule has 0 bridgehead atoms. The van der Waals surface area contributed by atoms with Crippen LogP contribution in [0.1, 0.15) is 18.1 Å². The Morgan fingerprint density at radius 1 is 1.47 bits per heavy atom. The largest absolute Gasteiger partial charge is 0.466 e. The molecule has 5 nitrogen and oxygen atoms in total. The molecule has 2 heterocycles. The number of halogens is 1. The molecule has 0 saturated heterocycles. The van der Waals surface area contributed by atoms with Crippen molar-refractivity contribution >= 4 is 27.5 Å².